The largest absolute Gasteiger partial charge is 0.354 e. The third-order valence-electron chi connectivity index (χ3n) is 2.26. The Labute approximate surface area is 90.0 Å². The van der Waals surface area contributed by atoms with Gasteiger partial charge in [0, 0.05) is 25.4 Å². The molecule has 0 fully saturated rings. The van der Waals surface area contributed by atoms with Gasteiger partial charge in [-0.15, -0.1) is 0 Å². The van der Waals surface area contributed by atoms with Gasteiger partial charge >= 0.3 is 0 Å². The maximum absolute atomic E-state index is 11.4. The minimum absolute atomic E-state index is 0.105. The van der Waals surface area contributed by atoms with Crippen LogP contribution in [0, 0.1) is 11.3 Å². The number of carbonyl (C=O) groups excluding carboxylic acids is 1. The number of nitrogens with zero attached hydrogens (tertiary/aromatic N) is 2. The normalized spacial score (nSPS) is 13.9. The number of nitriles is 1. The zero-order chi connectivity index (χ0) is 11.3. The average Bonchev–Trinajstić information content (AvgIpc) is 2.30. The fourth-order valence-electron chi connectivity index (χ4n) is 1.30. The zero-order valence-electron chi connectivity index (χ0n) is 9.03. The minimum Gasteiger partial charge on any atom is -0.354 e. The number of ketones is 1. The molecule has 1 aliphatic rings. The van der Waals surface area contributed by atoms with Gasteiger partial charge in [0.2, 0.25) is 0 Å². The van der Waals surface area contributed by atoms with Gasteiger partial charge < -0.3 is 4.90 Å². The molecule has 0 N–H and O–H groups in total. The Hall–Kier alpha value is -1.82. The van der Waals surface area contributed by atoms with E-state index in [4.69, 9.17) is 5.26 Å². The Bertz CT molecular complexity index is 367. The van der Waals surface area contributed by atoms with Crippen molar-refractivity contribution in [3.63, 3.8) is 0 Å². The maximum Gasteiger partial charge on any atom is 0.173 e. The number of hydrogen-bond acceptors (Lipinski definition) is 3. The lowest BCUT2D eigenvalue weighted by molar-refractivity contribution is -0.114. The summed E-state index contributed by atoms with van der Waals surface area (Å²) in [6.45, 7) is 4.67. The second-order valence-electron chi connectivity index (χ2n) is 3.18. The molecule has 0 saturated heterocycles. The molecule has 0 aromatic carbocycles. The van der Waals surface area contributed by atoms with Gasteiger partial charge in [0.05, 0.1) is 0 Å². The van der Waals surface area contributed by atoms with E-state index in [1.165, 1.54) is 0 Å². The lowest BCUT2D eigenvalue weighted by Gasteiger charge is -2.16. The van der Waals surface area contributed by atoms with Crippen molar-refractivity contribution in [2.45, 2.75) is 20.3 Å². The summed E-state index contributed by atoms with van der Waals surface area (Å²) in [7, 11) is 0. The highest BCUT2D eigenvalue weighted by atomic mass is 16.1. The molecule has 1 rings (SSSR count). The first kappa shape index (κ1) is 11.3. The van der Waals surface area contributed by atoms with Gasteiger partial charge in [0.15, 0.2) is 5.78 Å². The van der Waals surface area contributed by atoms with Gasteiger partial charge in [-0.05, 0) is 24.6 Å². The molecule has 0 atom stereocenters. The van der Waals surface area contributed by atoms with Gasteiger partial charge in [0.25, 0.3) is 0 Å². The second-order valence-corrected chi connectivity index (χ2v) is 3.18. The summed E-state index contributed by atoms with van der Waals surface area (Å²) in [5, 5.41) is 8.89. The van der Waals surface area contributed by atoms with Crippen molar-refractivity contribution in [2.75, 3.05) is 6.54 Å². The van der Waals surface area contributed by atoms with E-state index in [1.807, 2.05) is 30.3 Å². The number of Topliss-reactive ketones (excluding diaryl/α,β-unsaturated/α-hetero) is 1. The Balaban J connectivity index is 2.98. The summed E-state index contributed by atoms with van der Waals surface area (Å²) in [6, 6.07) is 1.96. The number of rotatable bonds is 3. The maximum atomic E-state index is 11.4. The zero-order valence-corrected chi connectivity index (χ0v) is 9.03. The highest BCUT2D eigenvalue weighted by Gasteiger charge is 2.11. The Morgan fingerprint density at radius 2 is 2.00 bits per heavy atom. The van der Waals surface area contributed by atoms with Crippen LogP contribution in [0.3, 0.4) is 0 Å². The SMILES string of the molecule is CCC(=O)C(C#N)=C1C=CN(CC)C=C1. The number of allylic oxidation sites excluding steroid dienone is 4. The second kappa shape index (κ2) is 5.16. The predicted octanol–water partition coefficient (Wildman–Crippen LogP) is 2.15. The van der Waals surface area contributed by atoms with Crippen LogP contribution in [-0.4, -0.2) is 17.2 Å². The monoisotopic (exact) mass is 202 g/mol. The van der Waals surface area contributed by atoms with Crippen LogP contribution in [0.15, 0.2) is 35.7 Å². The average molecular weight is 202 g/mol. The number of carbonyl (C=O) groups is 1. The molecule has 0 aromatic heterocycles. The molecule has 0 radical (unpaired) electrons. The van der Waals surface area contributed by atoms with Gasteiger partial charge in [0.1, 0.15) is 11.6 Å². The predicted molar refractivity (Wildman–Crippen MR) is 58.6 cm³/mol. The van der Waals surface area contributed by atoms with E-state index in [0.717, 1.165) is 6.54 Å². The van der Waals surface area contributed by atoms with Crippen LogP contribution < -0.4 is 0 Å². The van der Waals surface area contributed by atoms with E-state index in [-0.39, 0.29) is 11.4 Å². The van der Waals surface area contributed by atoms with E-state index >= 15 is 0 Å². The molecule has 1 heterocycles. The topological polar surface area (TPSA) is 44.1 Å². The summed E-state index contributed by atoms with van der Waals surface area (Å²) < 4.78 is 0. The lowest BCUT2D eigenvalue weighted by atomic mass is 10.0. The smallest absolute Gasteiger partial charge is 0.173 e. The quantitative estimate of drug-likeness (QED) is 0.520. The van der Waals surface area contributed by atoms with Gasteiger partial charge in [-0.2, -0.15) is 5.26 Å². The van der Waals surface area contributed by atoms with Crippen molar-refractivity contribution < 1.29 is 4.79 Å². The van der Waals surface area contributed by atoms with Crippen molar-refractivity contribution in [1.29, 1.82) is 5.26 Å². The molecular weight excluding hydrogens is 188 g/mol. The fourth-order valence-corrected chi connectivity index (χ4v) is 1.30. The molecule has 0 aromatic rings. The van der Waals surface area contributed by atoms with Gasteiger partial charge in [-0.25, -0.2) is 0 Å². The Morgan fingerprint density at radius 3 is 2.40 bits per heavy atom. The highest BCUT2D eigenvalue weighted by Crippen LogP contribution is 2.15. The first-order valence-electron chi connectivity index (χ1n) is 5.02. The van der Waals surface area contributed by atoms with E-state index < -0.39 is 0 Å². The van der Waals surface area contributed by atoms with Gasteiger partial charge in [-0.3, -0.25) is 4.79 Å². The number of hydrogen-bond donors (Lipinski definition) is 0. The van der Waals surface area contributed by atoms with Crippen LogP contribution in [-0.2, 0) is 4.79 Å². The molecule has 3 heteroatoms. The van der Waals surface area contributed by atoms with Crippen LogP contribution in [0.25, 0.3) is 0 Å². The molecule has 0 bridgehead atoms. The highest BCUT2D eigenvalue weighted by molar-refractivity contribution is 6.00. The van der Waals surface area contributed by atoms with Crippen molar-refractivity contribution in [3.05, 3.63) is 35.7 Å². The summed E-state index contributed by atoms with van der Waals surface area (Å²) in [6.07, 6.45) is 7.71. The third-order valence-corrected chi connectivity index (χ3v) is 2.26. The van der Waals surface area contributed by atoms with Crippen LogP contribution in [0.5, 0.6) is 0 Å². The third kappa shape index (κ3) is 2.57. The minimum atomic E-state index is -0.105. The fraction of sp³-hybridized carbons (Fsp3) is 0.333. The van der Waals surface area contributed by atoms with Crippen LogP contribution in [0.2, 0.25) is 0 Å². The van der Waals surface area contributed by atoms with Crippen molar-refractivity contribution in [3.8, 4) is 6.07 Å². The lowest BCUT2D eigenvalue weighted by Crippen LogP contribution is -2.11. The van der Waals surface area contributed by atoms with Crippen LogP contribution in [0.1, 0.15) is 20.3 Å². The molecule has 15 heavy (non-hydrogen) atoms. The molecule has 0 saturated carbocycles. The molecular formula is C12H14N2O. The van der Waals surface area contributed by atoms with Gasteiger partial charge in [-0.1, -0.05) is 6.92 Å². The summed E-state index contributed by atoms with van der Waals surface area (Å²) in [5.41, 5.74) is 0.954. The van der Waals surface area contributed by atoms with E-state index in [9.17, 15) is 4.79 Å². The molecule has 78 valence electrons. The standard InChI is InChI=1S/C12H14N2O/c1-3-12(15)11(9-13)10-5-7-14(4-2)8-6-10/h5-8H,3-4H2,1-2H3. The summed E-state index contributed by atoms with van der Waals surface area (Å²) >= 11 is 0. The molecule has 0 aliphatic carbocycles. The van der Waals surface area contributed by atoms with E-state index in [0.29, 0.717) is 12.0 Å². The molecule has 3 nitrogen and oxygen atoms in total. The summed E-state index contributed by atoms with van der Waals surface area (Å²) in [4.78, 5) is 13.4. The Kier molecular flexibility index (Phi) is 3.87. The molecule has 1 aliphatic heterocycles. The van der Waals surface area contributed by atoms with E-state index in [1.54, 1.807) is 19.1 Å². The Morgan fingerprint density at radius 1 is 1.40 bits per heavy atom. The molecule has 0 unspecified atom stereocenters. The van der Waals surface area contributed by atoms with Crippen molar-refractivity contribution in [1.82, 2.24) is 4.90 Å². The first-order valence-corrected chi connectivity index (χ1v) is 5.02. The first-order chi connectivity index (χ1) is 7.22. The summed E-state index contributed by atoms with van der Waals surface area (Å²) in [5.74, 6) is -0.105. The van der Waals surface area contributed by atoms with Crippen molar-refractivity contribution in [2.24, 2.45) is 0 Å². The molecule has 0 amide bonds. The van der Waals surface area contributed by atoms with Crippen LogP contribution >= 0.6 is 0 Å². The van der Waals surface area contributed by atoms with Crippen molar-refractivity contribution >= 4 is 5.78 Å². The molecule has 0 spiro atoms. The van der Waals surface area contributed by atoms with Crippen LogP contribution in [0.4, 0.5) is 0 Å². The van der Waals surface area contributed by atoms with E-state index in [2.05, 4.69) is 0 Å².